The Kier molecular flexibility index (Phi) is 5.88. The molecule has 3 rings (SSSR count). The molecular formula is C22H27N3O4. The maximum atomic E-state index is 12.0. The first-order chi connectivity index (χ1) is 13.7. The Balaban J connectivity index is 1.98. The van der Waals surface area contributed by atoms with E-state index in [4.69, 9.17) is 4.98 Å². The minimum atomic E-state index is -0.983. The molecule has 2 aromatic heterocycles. The van der Waals surface area contributed by atoms with Crippen LogP contribution in [-0.2, 0) is 24.8 Å². The average molecular weight is 397 g/mol. The highest BCUT2D eigenvalue weighted by atomic mass is 16.4. The molecule has 2 N–H and O–H groups in total. The van der Waals surface area contributed by atoms with Gasteiger partial charge in [0.2, 0.25) is 0 Å². The molecule has 0 amide bonds. The number of aliphatic hydroxyl groups excluding tert-OH is 1. The van der Waals surface area contributed by atoms with Crippen molar-refractivity contribution in [1.29, 1.82) is 0 Å². The highest BCUT2D eigenvalue weighted by molar-refractivity contribution is 5.81. The third-order valence-electron chi connectivity index (χ3n) is 5.39. The van der Waals surface area contributed by atoms with E-state index in [2.05, 4.69) is 4.57 Å². The number of aliphatic hydroxyl groups is 1. The van der Waals surface area contributed by atoms with Crippen LogP contribution >= 0.6 is 0 Å². The van der Waals surface area contributed by atoms with E-state index < -0.39 is 18.0 Å². The third-order valence-corrected chi connectivity index (χ3v) is 5.39. The molecule has 0 aliphatic rings. The first-order valence-corrected chi connectivity index (χ1v) is 9.80. The molecule has 3 aromatic rings. The zero-order valence-electron chi connectivity index (χ0n) is 17.2. The lowest BCUT2D eigenvalue weighted by Gasteiger charge is -2.14. The minimum absolute atomic E-state index is 0.0266. The van der Waals surface area contributed by atoms with Gasteiger partial charge in [-0.2, -0.15) is 0 Å². The number of imidazole rings is 1. The average Bonchev–Trinajstić information content (AvgIpc) is 3.03. The van der Waals surface area contributed by atoms with E-state index in [-0.39, 0.29) is 5.56 Å². The fourth-order valence-corrected chi connectivity index (χ4v) is 3.76. The molecule has 154 valence electrons. The van der Waals surface area contributed by atoms with Crippen molar-refractivity contribution in [2.45, 2.75) is 46.3 Å². The van der Waals surface area contributed by atoms with E-state index in [1.807, 2.05) is 31.2 Å². The van der Waals surface area contributed by atoms with Gasteiger partial charge in [-0.25, -0.2) is 4.98 Å². The standard InChI is InChI=1S/C22H27N3O4/c1-5-25-19-9-7-15(6-8-17(14(3)26)22(28)29)11-18(19)23-20(25)16-10-13(2)21(27)24(4)12-16/h7,9-12,14,17,26H,5-6,8H2,1-4H3,(H,28,29)/t14-,17+/m1/s1. The molecule has 0 aliphatic carbocycles. The summed E-state index contributed by atoms with van der Waals surface area (Å²) in [5.74, 6) is -0.975. The number of fused-ring (bicyclic) bond motifs is 1. The molecule has 0 aliphatic heterocycles. The molecule has 0 radical (unpaired) electrons. The van der Waals surface area contributed by atoms with Crippen molar-refractivity contribution in [2.75, 3.05) is 0 Å². The number of carboxylic acids is 1. The fourth-order valence-electron chi connectivity index (χ4n) is 3.76. The van der Waals surface area contributed by atoms with Gasteiger partial charge < -0.3 is 19.3 Å². The number of aliphatic carboxylic acids is 1. The number of benzene rings is 1. The van der Waals surface area contributed by atoms with Gasteiger partial charge in [-0.05, 0) is 57.4 Å². The van der Waals surface area contributed by atoms with E-state index in [0.29, 0.717) is 18.4 Å². The lowest BCUT2D eigenvalue weighted by atomic mass is 9.95. The van der Waals surface area contributed by atoms with Gasteiger partial charge in [0.05, 0.1) is 23.1 Å². The lowest BCUT2D eigenvalue weighted by Crippen LogP contribution is -2.26. The predicted molar refractivity (Wildman–Crippen MR) is 112 cm³/mol. The highest BCUT2D eigenvalue weighted by Crippen LogP contribution is 2.26. The number of aryl methyl sites for hydroxylation is 4. The van der Waals surface area contributed by atoms with Gasteiger partial charge in [0.15, 0.2) is 0 Å². The maximum absolute atomic E-state index is 12.0. The van der Waals surface area contributed by atoms with Crippen molar-refractivity contribution in [1.82, 2.24) is 14.1 Å². The molecule has 0 spiro atoms. The number of aromatic nitrogens is 3. The number of nitrogens with zero attached hydrogens (tertiary/aromatic N) is 3. The van der Waals surface area contributed by atoms with Crippen LogP contribution < -0.4 is 5.56 Å². The summed E-state index contributed by atoms with van der Waals surface area (Å²) in [6.45, 7) is 6.08. The third kappa shape index (κ3) is 4.10. The second-order valence-electron chi connectivity index (χ2n) is 7.55. The summed E-state index contributed by atoms with van der Waals surface area (Å²) < 4.78 is 3.67. The first kappa shape index (κ1) is 20.8. The number of carboxylic acid groups (broad SMARTS) is 1. The van der Waals surface area contributed by atoms with Crippen LogP contribution in [-0.4, -0.2) is 36.4 Å². The Bertz CT molecular complexity index is 1080. The fraction of sp³-hybridized carbons (Fsp3) is 0.409. The summed E-state index contributed by atoms with van der Waals surface area (Å²) >= 11 is 0. The highest BCUT2D eigenvalue weighted by Gasteiger charge is 2.23. The van der Waals surface area contributed by atoms with Crippen LogP contribution in [0.1, 0.15) is 31.4 Å². The van der Waals surface area contributed by atoms with Crippen molar-refractivity contribution in [3.05, 3.63) is 51.9 Å². The summed E-state index contributed by atoms with van der Waals surface area (Å²) in [6.07, 6.45) is 1.81. The number of pyridine rings is 1. The Hall–Kier alpha value is -2.93. The van der Waals surface area contributed by atoms with Crippen LogP contribution in [0.15, 0.2) is 35.3 Å². The normalized spacial score (nSPS) is 13.6. The van der Waals surface area contributed by atoms with Crippen LogP contribution in [0.25, 0.3) is 22.4 Å². The van der Waals surface area contributed by atoms with Crippen LogP contribution in [0.3, 0.4) is 0 Å². The molecule has 0 fully saturated rings. The van der Waals surface area contributed by atoms with Crippen LogP contribution in [0.4, 0.5) is 0 Å². The Morgan fingerprint density at radius 2 is 2.00 bits per heavy atom. The molecule has 0 unspecified atom stereocenters. The van der Waals surface area contributed by atoms with Gasteiger partial charge in [0, 0.05) is 30.9 Å². The summed E-state index contributed by atoms with van der Waals surface area (Å²) in [5, 5.41) is 18.9. The summed E-state index contributed by atoms with van der Waals surface area (Å²) in [6, 6.07) is 7.81. The zero-order valence-corrected chi connectivity index (χ0v) is 17.2. The summed E-state index contributed by atoms with van der Waals surface area (Å²) in [7, 11) is 1.73. The maximum Gasteiger partial charge on any atom is 0.309 e. The van der Waals surface area contributed by atoms with E-state index in [0.717, 1.165) is 34.5 Å². The second-order valence-corrected chi connectivity index (χ2v) is 7.55. The Labute approximate surface area is 169 Å². The minimum Gasteiger partial charge on any atom is -0.481 e. The molecule has 2 heterocycles. The van der Waals surface area contributed by atoms with Crippen LogP contribution in [0, 0.1) is 12.8 Å². The van der Waals surface area contributed by atoms with Crippen molar-refractivity contribution in [3.8, 4) is 11.4 Å². The zero-order chi connectivity index (χ0) is 21.3. The molecule has 7 heteroatoms. The number of hydrogen-bond donors (Lipinski definition) is 2. The topological polar surface area (TPSA) is 97.4 Å². The van der Waals surface area contributed by atoms with Gasteiger partial charge in [-0.15, -0.1) is 0 Å². The largest absolute Gasteiger partial charge is 0.481 e. The summed E-state index contributed by atoms with van der Waals surface area (Å²) in [4.78, 5) is 28.1. The van der Waals surface area contributed by atoms with E-state index in [1.165, 1.54) is 6.92 Å². The van der Waals surface area contributed by atoms with Crippen LogP contribution in [0.5, 0.6) is 0 Å². The first-order valence-electron chi connectivity index (χ1n) is 9.80. The Morgan fingerprint density at radius 1 is 1.28 bits per heavy atom. The van der Waals surface area contributed by atoms with Crippen molar-refractivity contribution in [3.63, 3.8) is 0 Å². The molecule has 1 aromatic carbocycles. The van der Waals surface area contributed by atoms with Crippen LogP contribution in [0.2, 0.25) is 0 Å². The van der Waals surface area contributed by atoms with E-state index >= 15 is 0 Å². The second kappa shape index (κ2) is 8.21. The molecule has 0 saturated heterocycles. The smallest absolute Gasteiger partial charge is 0.309 e. The number of carbonyl (C=O) groups is 1. The Morgan fingerprint density at radius 3 is 2.59 bits per heavy atom. The molecule has 0 saturated carbocycles. The molecule has 29 heavy (non-hydrogen) atoms. The predicted octanol–water partition coefficient (Wildman–Crippen LogP) is 2.74. The van der Waals surface area contributed by atoms with Gasteiger partial charge in [-0.3, -0.25) is 9.59 Å². The number of rotatable bonds is 7. The number of hydrogen-bond acceptors (Lipinski definition) is 4. The molecule has 7 nitrogen and oxygen atoms in total. The summed E-state index contributed by atoms with van der Waals surface area (Å²) in [5.41, 5.74) is 4.31. The monoisotopic (exact) mass is 397 g/mol. The molecule has 2 atom stereocenters. The van der Waals surface area contributed by atoms with Gasteiger partial charge in [-0.1, -0.05) is 6.07 Å². The molecular weight excluding hydrogens is 370 g/mol. The quantitative estimate of drug-likeness (QED) is 0.639. The lowest BCUT2D eigenvalue weighted by molar-refractivity contribution is -0.145. The van der Waals surface area contributed by atoms with Crippen molar-refractivity contribution in [2.24, 2.45) is 13.0 Å². The van der Waals surface area contributed by atoms with Gasteiger partial charge in [0.25, 0.3) is 5.56 Å². The van der Waals surface area contributed by atoms with Crippen molar-refractivity contribution >= 4 is 17.0 Å². The van der Waals surface area contributed by atoms with E-state index in [9.17, 15) is 19.8 Å². The molecule has 0 bridgehead atoms. The van der Waals surface area contributed by atoms with Gasteiger partial charge >= 0.3 is 5.97 Å². The van der Waals surface area contributed by atoms with Crippen molar-refractivity contribution < 1.29 is 15.0 Å². The van der Waals surface area contributed by atoms with E-state index in [1.54, 1.807) is 24.7 Å². The SMILES string of the molecule is CCn1c(-c2cc(C)c(=O)n(C)c2)nc2cc(CC[C@H](C(=O)O)[C@@H](C)O)ccc21. The van der Waals surface area contributed by atoms with Gasteiger partial charge in [0.1, 0.15) is 5.82 Å².